The molecule has 2 heteroatoms. The molecule has 0 amide bonds. The van der Waals surface area contributed by atoms with Crippen LogP contribution in [-0.4, -0.2) is 0 Å². The van der Waals surface area contributed by atoms with Crippen molar-refractivity contribution < 1.29 is 11.3 Å². The van der Waals surface area contributed by atoms with Gasteiger partial charge in [0.25, 0.3) is 0 Å². The van der Waals surface area contributed by atoms with Crippen molar-refractivity contribution in [3.63, 3.8) is 0 Å². The van der Waals surface area contributed by atoms with Crippen LogP contribution in [-0.2, 0) is 5.41 Å². The van der Waals surface area contributed by atoms with Gasteiger partial charge in [0.15, 0.2) is 0 Å². The Balaban J connectivity index is 0.988. The van der Waals surface area contributed by atoms with E-state index in [2.05, 4.69) is 169 Å². The maximum Gasteiger partial charge on any atom is 0.140 e. The van der Waals surface area contributed by atoms with Crippen LogP contribution in [0.3, 0.4) is 0 Å². The fraction of sp³-hybridized carbons (Fsp3) is 0.0164. The largest absolute Gasteiger partial charge is 0.456 e. The number of furan rings is 1. The predicted octanol–water partition coefficient (Wildman–Crippen LogP) is 16.4. The smallest absolute Gasteiger partial charge is 0.140 e. The molecule has 12 rings (SSSR count). The Hall–Kier alpha value is -8.20. The van der Waals surface area contributed by atoms with Gasteiger partial charge in [-0.15, -0.1) is 0 Å². The zero-order valence-corrected chi connectivity index (χ0v) is 34.1. The van der Waals surface area contributed by atoms with E-state index in [1.807, 2.05) is 54.6 Å². The van der Waals surface area contributed by atoms with E-state index in [1.165, 1.54) is 22.3 Å². The van der Waals surface area contributed by atoms with Crippen molar-refractivity contribution in [2.75, 3.05) is 4.90 Å². The second kappa shape index (κ2) is 15.1. The molecule has 63 heavy (non-hydrogen) atoms. The van der Waals surface area contributed by atoms with Crippen molar-refractivity contribution in [2.24, 2.45) is 0 Å². The number of benzene rings is 10. The van der Waals surface area contributed by atoms with Crippen LogP contribution in [0.1, 0.15) is 29.1 Å². The highest BCUT2D eigenvalue weighted by Crippen LogP contribution is 2.58. The zero-order valence-electron chi connectivity index (χ0n) is 39.1. The van der Waals surface area contributed by atoms with E-state index >= 15 is 0 Å². The van der Waals surface area contributed by atoms with Crippen LogP contribution >= 0.6 is 0 Å². The summed E-state index contributed by atoms with van der Waals surface area (Å²) < 4.78 is 48.7. The molecule has 0 spiro atoms. The minimum absolute atomic E-state index is 0.175. The van der Waals surface area contributed by atoms with E-state index in [1.54, 1.807) is 0 Å². The van der Waals surface area contributed by atoms with E-state index in [0.29, 0.717) is 5.56 Å². The molecule has 0 fully saturated rings. The van der Waals surface area contributed by atoms with E-state index < -0.39 is 11.5 Å². The lowest BCUT2D eigenvalue weighted by molar-refractivity contribution is 0.648. The molecule has 0 N–H and O–H groups in total. The number of rotatable bonds is 8. The summed E-state index contributed by atoms with van der Waals surface area (Å²) in [6.45, 7) is 0. The minimum Gasteiger partial charge on any atom is -0.456 e. The lowest BCUT2D eigenvalue weighted by atomic mass is 9.67. The Bertz CT molecular complexity index is 3690. The molecule has 1 aromatic heterocycles. The highest BCUT2D eigenvalue weighted by molar-refractivity contribution is 6.07. The first-order chi connectivity index (χ1) is 33.3. The Kier molecular flexibility index (Phi) is 7.56. The van der Waals surface area contributed by atoms with Gasteiger partial charge in [-0.05, 0) is 110 Å². The molecule has 1 atom stereocenters. The number of nitrogens with zero attached hydrogens (tertiary/aromatic N) is 1. The van der Waals surface area contributed by atoms with Gasteiger partial charge in [0, 0.05) is 33.4 Å². The molecule has 0 saturated heterocycles. The first kappa shape index (κ1) is 31.6. The van der Waals surface area contributed by atoms with Gasteiger partial charge < -0.3 is 9.32 Å². The van der Waals surface area contributed by atoms with Crippen molar-refractivity contribution >= 4 is 39.0 Å². The molecule has 10 aromatic carbocycles. The maximum atomic E-state index is 8.61. The van der Waals surface area contributed by atoms with E-state index in [4.69, 9.17) is 11.3 Å². The van der Waals surface area contributed by atoms with Crippen LogP contribution < -0.4 is 4.90 Å². The summed E-state index contributed by atoms with van der Waals surface area (Å²) in [6, 6.07) is 74.7. The monoisotopic (exact) mass is 808 g/mol. The SMILES string of the molecule is [2H]c1c([2H])c([2H])c(-c2ccc(N(c3ccc(-c4ccccc4)cc3)c3ccc(-c4ccc5c(c4)C(c4ccccc4)(c4cccc6c4oc4ccccc46)c4ccccc4-5)cc3)cc2)c([2H])c1[2H]. The van der Waals surface area contributed by atoms with E-state index in [9.17, 15) is 0 Å². The molecule has 1 aliphatic rings. The summed E-state index contributed by atoms with van der Waals surface area (Å²) in [5.41, 5.74) is 15.9. The standard InChI is InChI=1S/C61H41NO/c1-4-15-42(16-5-1)44-27-34-49(35-28-44)62(50-36-29-45(30-37-50)43-17-6-2-7-18-43)51-38-31-46(32-39-51)47-33-40-53-52-21-10-12-24-56(52)61(58(53)41-47,48-19-8-3-9-20-48)57-25-14-23-55-54-22-11-13-26-59(54)63-60(55)57/h1-41H/i1D,4D,5D,15D,16D. The molecule has 0 aliphatic heterocycles. The highest BCUT2D eigenvalue weighted by Gasteiger charge is 2.47. The van der Waals surface area contributed by atoms with Crippen molar-refractivity contribution in [2.45, 2.75) is 5.41 Å². The summed E-state index contributed by atoms with van der Waals surface area (Å²) in [7, 11) is 0. The first-order valence-corrected chi connectivity index (χ1v) is 21.3. The third-order valence-electron chi connectivity index (χ3n) is 12.7. The van der Waals surface area contributed by atoms with Crippen LogP contribution in [0.15, 0.2) is 253 Å². The van der Waals surface area contributed by atoms with Gasteiger partial charge in [0.1, 0.15) is 11.2 Å². The molecule has 1 heterocycles. The molecule has 2 nitrogen and oxygen atoms in total. The van der Waals surface area contributed by atoms with Gasteiger partial charge in [-0.2, -0.15) is 0 Å². The van der Waals surface area contributed by atoms with Gasteiger partial charge in [0.05, 0.1) is 12.3 Å². The average molecular weight is 809 g/mol. The maximum absolute atomic E-state index is 8.61. The van der Waals surface area contributed by atoms with Crippen LogP contribution in [0.4, 0.5) is 17.1 Å². The fourth-order valence-corrected chi connectivity index (χ4v) is 9.80. The Morgan fingerprint density at radius 3 is 1.57 bits per heavy atom. The molecular weight excluding hydrogens is 763 g/mol. The lowest BCUT2D eigenvalue weighted by Gasteiger charge is -2.34. The summed E-state index contributed by atoms with van der Waals surface area (Å²) in [4.78, 5) is 2.18. The van der Waals surface area contributed by atoms with Gasteiger partial charge in [0.2, 0.25) is 0 Å². The normalized spacial score (nSPS) is 15.2. The molecule has 1 aliphatic carbocycles. The number of fused-ring (bicyclic) bond motifs is 6. The second-order valence-electron chi connectivity index (χ2n) is 16.0. The molecule has 296 valence electrons. The van der Waals surface area contributed by atoms with Crippen molar-refractivity contribution in [1.82, 2.24) is 0 Å². The summed E-state index contributed by atoms with van der Waals surface area (Å²) in [5, 5.41) is 2.19. The molecule has 0 radical (unpaired) electrons. The Morgan fingerprint density at radius 2 is 0.873 bits per heavy atom. The van der Waals surface area contributed by atoms with Crippen molar-refractivity contribution in [1.29, 1.82) is 0 Å². The van der Waals surface area contributed by atoms with Crippen LogP contribution in [0.2, 0.25) is 0 Å². The van der Waals surface area contributed by atoms with Crippen LogP contribution in [0.5, 0.6) is 0 Å². The third kappa shape index (κ3) is 6.02. The lowest BCUT2D eigenvalue weighted by Crippen LogP contribution is -2.28. The quantitative estimate of drug-likeness (QED) is 0.152. The zero-order chi connectivity index (χ0) is 46.1. The number of hydrogen-bond donors (Lipinski definition) is 0. The van der Waals surface area contributed by atoms with Gasteiger partial charge in [-0.25, -0.2) is 0 Å². The summed E-state index contributed by atoms with van der Waals surface area (Å²) in [5.74, 6) is 0. The number of hydrogen-bond acceptors (Lipinski definition) is 2. The molecular formula is C61H41NO. The van der Waals surface area contributed by atoms with Crippen molar-refractivity contribution in [3.8, 4) is 44.5 Å². The Labute approximate surface area is 374 Å². The van der Waals surface area contributed by atoms with Gasteiger partial charge >= 0.3 is 0 Å². The van der Waals surface area contributed by atoms with Crippen LogP contribution in [0, 0.1) is 0 Å². The predicted molar refractivity (Wildman–Crippen MR) is 262 cm³/mol. The summed E-state index contributed by atoms with van der Waals surface area (Å²) >= 11 is 0. The number of anilines is 3. The molecule has 0 saturated carbocycles. The fourth-order valence-electron chi connectivity index (χ4n) is 9.80. The number of para-hydroxylation sites is 2. The minimum atomic E-state index is -0.680. The summed E-state index contributed by atoms with van der Waals surface area (Å²) in [6.07, 6.45) is 0. The van der Waals surface area contributed by atoms with Crippen LogP contribution in [0.25, 0.3) is 66.4 Å². The van der Waals surface area contributed by atoms with Gasteiger partial charge in [-0.1, -0.05) is 200 Å². The van der Waals surface area contributed by atoms with Gasteiger partial charge in [-0.3, -0.25) is 0 Å². The third-order valence-corrected chi connectivity index (χ3v) is 12.7. The molecule has 11 aromatic rings. The van der Waals surface area contributed by atoms with E-state index in [-0.39, 0.29) is 29.7 Å². The van der Waals surface area contributed by atoms with E-state index in [0.717, 1.165) is 72.4 Å². The molecule has 0 bridgehead atoms. The average Bonchev–Trinajstić information content (AvgIpc) is 3.93. The topological polar surface area (TPSA) is 16.4 Å². The van der Waals surface area contributed by atoms with Crippen molar-refractivity contribution in [3.05, 3.63) is 271 Å². The Morgan fingerprint density at radius 1 is 0.365 bits per heavy atom. The highest BCUT2D eigenvalue weighted by atomic mass is 16.3. The second-order valence-corrected chi connectivity index (χ2v) is 16.0. The first-order valence-electron chi connectivity index (χ1n) is 23.8. The molecule has 1 unspecified atom stereocenters.